The van der Waals surface area contributed by atoms with Crippen molar-refractivity contribution in [3.63, 3.8) is 0 Å². The maximum Gasteiger partial charge on any atom is 0.281 e. The Bertz CT molecular complexity index is 690. The fourth-order valence-electron chi connectivity index (χ4n) is 2.79. The van der Waals surface area contributed by atoms with Crippen LogP contribution in [0.2, 0.25) is 0 Å². The number of carbonyl (C=O) groups is 1. The molecule has 2 rings (SSSR count). The normalized spacial score (nSPS) is 16.7. The summed E-state index contributed by atoms with van der Waals surface area (Å²) in [6.07, 6.45) is 1.10. The summed E-state index contributed by atoms with van der Waals surface area (Å²) in [5.74, 6) is 0.581. The standard InChI is InChI=1S/C16H25N3O5S/c1-18(2)25(21,22)19-10-8-12(9-11-19)17-16(20)15-13(23-3)6-5-7-14(15)24-4/h5-7,12H,8-11H2,1-4H3,(H,17,20). The van der Waals surface area contributed by atoms with Crippen LogP contribution in [0.3, 0.4) is 0 Å². The number of benzene rings is 1. The molecule has 1 aromatic carbocycles. The number of carbonyl (C=O) groups excluding carboxylic acids is 1. The van der Waals surface area contributed by atoms with Crippen molar-refractivity contribution >= 4 is 16.1 Å². The number of rotatable bonds is 6. The van der Waals surface area contributed by atoms with Crippen LogP contribution >= 0.6 is 0 Å². The molecule has 1 saturated heterocycles. The highest BCUT2D eigenvalue weighted by molar-refractivity contribution is 7.86. The highest BCUT2D eigenvalue weighted by Crippen LogP contribution is 2.28. The van der Waals surface area contributed by atoms with Gasteiger partial charge in [0.1, 0.15) is 17.1 Å². The van der Waals surface area contributed by atoms with Gasteiger partial charge in [-0.1, -0.05) is 6.07 Å². The minimum atomic E-state index is -3.41. The lowest BCUT2D eigenvalue weighted by Crippen LogP contribution is -2.49. The molecule has 0 saturated carbocycles. The molecular formula is C16H25N3O5S. The summed E-state index contributed by atoms with van der Waals surface area (Å²) in [6, 6.07) is 5.04. The van der Waals surface area contributed by atoms with Crippen LogP contribution in [0.5, 0.6) is 11.5 Å². The zero-order chi connectivity index (χ0) is 18.6. The monoisotopic (exact) mass is 371 g/mol. The third-order valence-electron chi connectivity index (χ3n) is 4.23. The van der Waals surface area contributed by atoms with E-state index < -0.39 is 10.2 Å². The Balaban J connectivity index is 2.05. The van der Waals surface area contributed by atoms with E-state index in [1.165, 1.54) is 36.9 Å². The summed E-state index contributed by atoms with van der Waals surface area (Å²) >= 11 is 0. The number of nitrogens with zero attached hydrogens (tertiary/aromatic N) is 2. The minimum absolute atomic E-state index is 0.101. The van der Waals surface area contributed by atoms with Crippen LogP contribution in [0.4, 0.5) is 0 Å². The molecule has 9 heteroatoms. The van der Waals surface area contributed by atoms with Crippen LogP contribution in [0.1, 0.15) is 23.2 Å². The van der Waals surface area contributed by atoms with Gasteiger partial charge in [0.15, 0.2) is 0 Å². The van der Waals surface area contributed by atoms with Gasteiger partial charge in [-0.25, -0.2) is 0 Å². The molecule has 1 fully saturated rings. The molecule has 0 aliphatic carbocycles. The van der Waals surface area contributed by atoms with E-state index in [9.17, 15) is 13.2 Å². The third-order valence-corrected chi connectivity index (χ3v) is 6.17. The van der Waals surface area contributed by atoms with E-state index in [-0.39, 0.29) is 11.9 Å². The largest absolute Gasteiger partial charge is 0.496 e. The van der Waals surface area contributed by atoms with Crippen molar-refractivity contribution in [1.82, 2.24) is 13.9 Å². The van der Waals surface area contributed by atoms with Crippen molar-refractivity contribution in [2.24, 2.45) is 0 Å². The molecule has 0 radical (unpaired) electrons. The van der Waals surface area contributed by atoms with Gasteiger partial charge < -0.3 is 14.8 Å². The summed E-state index contributed by atoms with van der Waals surface area (Å²) in [4.78, 5) is 12.6. The number of amides is 1. The van der Waals surface area contributed by atoms with Gasteiger partial charge in [0.25, 0.3) is 16.1 Å². The van der Waals surface area contributed by atoms with E-state index >= 15 is 0 Å². The summed E-state index contributed by atoms with van der Waals surface area (Å²) in [5.41, 5.74) is 0.343. The van der Waals surface area contributed by atoms with E-state index in [1.54, 1.807) is 18.2 Å². The molecule has 1 N–H and O–H groups in total. The maximum atomic E-state index is 12.6. The van der Waals surface area contributed by atoms with Crippen molar-refractivity contribution < 1.29 is 22.7 Å². The van der Waals surface area contributed by atoms with E-state index in [0.717, 1.165) is 0 Å². The highest BCUT2D eigenvalue weighted by Gasteiger charge is 2.30. The smallest absolute Gasteiger partial charge is 0.281 e. The maximum absolute atomic E-state index is 12.6. The number of methoxy groups -OCH3 is 2. The minimum Gasteiger partial charge on any atom is -0.496 e. The second kappa shape index (κ2) is 8.03. The summed E-state index contributed by atoms with van der Waals surface area (Å²) in [5, 5.41) is 2.95. The van der Waals surface area contributed by atoms with Crippen LogP contribution < -0.4 is 14.8 Å². The van der Waals surface area contributed by atoms with Gasteiger partial charge >= 0.3 is 0 Å². The Kier molecular flexibility index (Phi) is 6.26. The topological polar surface area (TPSA) is 88.2 Å². The van der Waals surface area contributed by atoms with Crippen molar-refractivity contribution in [3.8, 4) is 11.5 Å². The lowest BCUT2D eigenvalue weighted by Gasteiger charge is -2.33. The lowest BCUT2D eigenvalue weighted by molar-refractivity contribution is 0.0917. The molecule has 0 spiro atoms. The Labute approximate surface area is 148 Å². The van der Waals surface area contributed by atoms with Gasteiger partial charge in [-0.15, -0.1) is 0 Å². The number of hydrogen-bond acceptors (Lipinski definition) is 5. The van der Waals surface area contributed by atoms with Crippen LogP contribution in [0.15, 0.2) is 18.2 Å². The highest BCUT2D eigenvalue weighted by atomic mass is 32.2. The zero-order valence-electron chi connectivity index (χ0n) is 15.0. The first kappa shape index (κ1) is 19.5. The van der Waals surface area contributed by atoms with Crippen LogP contribution in [-0.4, -0.2) is 70.4 Å². The van der Waals surface area contributed by atoms with Crippen molar-refractivity contribution in [2.75, 3.05) is 41.4 Å². The summed E-state index contributed by atoms with van der Waals surface area (Å²) in [7, 11) is 2.60. The molecule has 1 heterocycles. The molecule has 0 unspecified atom stereocenters. The molecule has 1 amide bonds. The number of hydrogen-bond donors (Lipinski definition) is 1. The number of nitrogens with one attached hydrogen (secondary N) is 1. The lowest BCUT2D eigenvalue weighted by atomic mass is 10.1. The molecule has 1 aliphatic heterocycles. The molecule has 0 atom stereocenters. The van der Waals surface area contributed by atoms with Crippen molar-refractivity contribution in [2.45, 2.75) is 18.9 Å². The molecule has 8 nitrogen and oxygen atoms in total. The number of piperidine rings is 1. The Morgan fingerprint density at radius 3 is 2.12 bits per heavy atom. The Hall–Kier alpha value is -1.84. The molecule has 0 bridgehead atoms. The van der Waals surface area contributed by atoms with E-state index in [1.807, 2.05) is 0 Å². The van der Waals surface area contributed by atoms with Crippen molar-refractivity contribution in [1.29, 1.82) is 0 Å². The average Bonchev–Trinajstić information content (AvgIpc) is 2.61. The Morgan fingerprint density at radius 1 is 1.16 bits per heavy atom. The Morgan fingerprint density at radius 2 is 1.68 bits per heavy atom. The summed E-state index contributed by atoms with van der Waals surface area (Å²) in [6.45, 7) is 0.739. The quantitative estimate of drug-likeness (QED) is 0.795. The summed E-state index contributed by atoms with van der Waals surface area (Å²) < 4.78 is 37.4. The fraction of sp³-hybridized carbons (Fsp3) is 0.562. The average molecular weight is 371 g/mol. The molecule has 25 heavy (non-hydrogen) atoms. The first-order valence-corrected chi connectivity index (χ1v) is 9.40. The predicted molar refractivity (Wildman–Crippen MR) is 94.2 cm³/mol. The van der Waals surface area contributed by atoms with Crippen LogP contribution in [0.25, 0.3) is 0 Å². The van der Waals surface area contributed by atoms with Crippen LogP contribution in [0, 0.1) is 0 Å². The zero-order valence-corrected chi connectivity index (χ0v) is 15.8. The van der Waals surface area contributed by atoms with Crippen LogP contribution in [-0.2, 0) is 10.2 Å². The van der Waals surface area contributed by atoms with Gasteiger partial charge in [-0.3, -0.25) is 4.79 Å². The van der Waals surface area contributed by atoms with E-state index in [0.29, 0.717) is 43.0 Å². The first-order valence-electron chi connectivity index (χ1n) is 8.00. The van der Waals surface area contributed by atoms with E-state index in [4.69, 9.17) is 9.47 Å². The van der Waals surface area contributed by atoms with Gasteiger partial charge in [0.2, 0.25) is 0 Å². The third kappa shape index (κ3) is 4.23. The molecule has 0 aromatic heterocycles. The second-order valence-electron chi connectivity index (χ2n) is 5.97. The van der Waals surface area contributed by atoms with Gasteiger partial charge in [-0.05, 0) is 25.0 Å². The van der Waals surface area contributed by atoms with E-state index in [2.05, 4.69) is 5.32 Å². The first-order chi connectivity index (χ1) is 11.8. The molecule has 140 valence electrons. The predicted octanol–water partition coefficient (Wildman–Crippen LogP) is 0.704. The van der Waals surface area contributed by atoms with Crippen molar-refractivity contribution in [3.05, 3.63) is 23.8 Å². The SMILES string of the molecule is COc1cccc(OC)c1C(=O)NC1CCN(S(=O)(=O)N(C)C)CC1. The van der Waals surface area contributed by atoms with Gasteiger partial charge in [0.05, 0.1) is 14.2 Å². The molecular weight excluding hydrogens is 346 g/mol. The molecule has 1 aromatic rings. The number of ether oxygens (including phenoxy) is 2. The van der Waals surface area contributed by atoms with Gasteiger partial charge in [-0.2, -0.15) is 17.0 Å². The fourth-order valence-corrected chi connectivity index (χ4v) is 3.93. The molecule has 1 aliphatic rings. The second-order valence-corrected chi connectivity index (χ2v) is 8.12. The van der Waals surface area contributed by atoms with Gasteiger partial charge in [0, 0.05) is 33.2 Å².